The standard InChI is InChI=1S/C16H22N4O4S/c1-4-6-17-14(21)13-12(11-23-3)18-15(25-13)19-7-9-20(10-8-19)16(22)24-5-2/h1H,5-11H2,2-3H3,(H,17,21). The molecule has 2 rings (SSSR count). The number of ether oxygens (including phenoxy) is 2. The zero-order valence-corrected chi connectivity index (χ0v) is 15.2. The molecule has 0 atom stereocenters. The van der Waals surface area contributed by atoms with E-state index in [1.807, 2.05) is 0 Å². The zero-order valence-electron chi connectivity index (χ0n) is 14.4. The highest BCUT2D eigenvalue weighted by molar-refractivity contribution is 7.17. The summed E-state index contributed by atoms with van der Waals surface area (Å²) in [5, 5.41) is 3.39. The van der Waals surface area contributed by atoms with Gasteiger partial charge in [-0.1, -0.05) is 17.3 Å². The minimum atomic E-state index is -0.296. The van der Waals surface area contributed by atoms with Gasteiger partial charge in [0.05, 0.1) is 25.5 Å². The topological polar surface area (TPSA) is 84.0 Å². The molecule has 1 aliphatic heterocycles. The highest BCUT2D eigenvalue weighted by Gasteiger charge is 2.26. The van der Waals surface area contributed by atoms with Crippen molar-refractivity contribution in [2.75, 3.05) is 51.3 Å². The van der Waals surface area contributed by atoms with Crippen molar-refractivity contribution >= 4 is 28.5 Å². The molecule has 1 saturated heterocycles. The number of methoxy groups -OCH3 is 1. The van der Waals surface area contributed by atoms with Gasteiger partial charge in [-0.2, -0.15) is 0 Å². The van der Waals surface area contributed by atoms with Gasteiger partial charge in [-0.05, 0) is 6.92 Å². The minimum Gasteiger partial charge on any atom is -0.450 e. The van der Waals surface area contributed by atoms with E-state index in [4.69, 9.17) is 15.9 Å². The average Bonchev–Trinajstić information content (AvgIpc) is 3.04. The van der Waals surface area contributed by atoms with Gasteiger partial charge in [0.15, 0.2) is 5.13 Å². The Balaban J connectivity index is 2.06. The fraction of sp³-hybridized carbons (Fsp3) is 0.562. The quantitative estimate of drug-likeness (QED) is 0.754. The molecule has 0 aromatic carbocycles. The molecule has 0 bridgehead atoms. The van der Waals surface area contributed by atoms with Crippen molar-refractivity contribution < 1.29 is 19.1 Å². The number of nitrogens with zero attached hydrogens (tertiary/aromatic N) is 3. The largest absolute Gasteiger partial charge is 0.450 e. The second kappa shape index (κ2) is 9.25. The van der Waals surface area contributed by atoms with Crippen molar-refractivity contribution in [3.05, 3.63) is 10.6 Å². The number of rotatable bonds is 6. The van der Waals surface area contributed by atoms with Crippen LogP contribution in [0.15, 0.2) is 0 Å². The molecular formula is C16H22N4O4S. The van der Waals surface area contributed by atoms with Gasteiger partial charge < -0.3 is 24.6 Å². The first-order valence-electron chi connectivity index (χ1n) is 7.97. The third kappa shape index (κ3) is 4.84. The molecule has 0 unspecified atom stereocenters. The molecule has 0 spiro atoms. The number of piperazine rings is 1. The Kier molecular flexibility index (Phi) is 7.03. The number of anilines is 1. The molecular weight excluding hydrogens is 344 g/mol. The lowest BCUT2D eigenvalue weighted by molar-refractivity contribution is 0.0957. The maximum Gasteiger partial charge on any atom is 0.409 e. The first-order valence-corrected chi connectivity index (χ1v) is 8.79. The van der Waals surface area contributed by atoms with E-state index in [0.717, 1.165) is 5.13 Å². The van der Waals surface area contributed by atoms with E-state index >= 15 is 0 Å². The fourth-order valence-electron chi connectivity index (χ4n) is 2.39. The summed E-state index contributed by atoms with van der Waals surface area (Å²) in [7, 11) is 1.56. The lowest BCUT2D eigenvalue weighted by atomic mass is 10.3. The monoisotopic (exact) mass is 366 g/mol. The Hall–Kier alpha value is -2.31. The molecule has 1 aliphatic rings. The van der Waals surface area contributed by atoms with E-state index in [-0.39, 0.29) is 25.2 Å². The third-order valence-corrected chi connectivity index (χ3v) is 4.76. The number of terminal acetylenes is 1. The van der Waals surface area contributed by atoms with Gasteiger partial charge in [0.25, 0.3) is 5.91 Å². The number of hydrogen-bond acceptors (Lipinski definition) is 7. The smallest absolute Gasteiger partial charge is 0.409 e. The van der Waals surface area contributed by atoms with Crippen LogP contribution in [-0.4, -0.2) is 68.3 Å². The third-order valence-electron chi connectivity index (χ3n) is 3.60. The maximum atomic E-state index is 12.2. The normalized spacial score (nSPS) is 14.1. The summed E-state index contributed by atoms with van der Waals surface area (Å²) in [5.74, 6) is 2.13. The molecule has 0 radical (unpaired) electrons. The van der Waals surface area contributed by atoms with Crippen LogP contribution in [0.5, 0.6) is 0 Å². The molecule has 25 heavy (non-hydrogen) atoms. The van der Waals surface area contributed by atoms with Crippen LogP contribution >= 0.6 is 11.3 Å². The van der Waals surface area contributed by atoms with Crippen LogP contribution in [0.2, 0.25) is 0 Å². The number of nitrogens with one attached hydrogen (secondary N) is 1. The average molecular weight is 366 g/mol. The zero-order chi connectivity index (χ0) is 18.2. The van der Waals surface area contributed by atoms with Crippen molar-refractivity contribution in [2.24, 2.45) is 0 Å². The summed E-state index contributed by atoms with van der Waals surface area (Å²) < 4.78 is 10.2. The van der Waals surface area contributed by atoms with Gasteiger partial charge in [0.2, 0.25) is 0 Å². The second-order valence-electron chi connectivity index (χ2n) is 5.27. The van der Waals surface area contributed by atoms with Gasteiger partial charge in [-0.15, -0.1) is 6.42 Å². The molecule has 2 amide bonds. The maximum absolute atomic E-state index is 12.2. The Bertz CT molecular complexity index is 647. The lowest BCUT2D eigenvalue weighted by Gasteiger charge is -2.33. The molecule has 8 nitrogen and oxygen atoms in total. The first-order chi connectivity index (χ1) is 12.1. The number of aromatic nitrogens is 1. The van der Waals surface area contributed by atoms with Crippen molar-refractivity contribution in [3.8, 4) is 12.3 Å². The number of thiazole rings is 1. The summed E-state index contributed by atoms with van der Waals surface area (Å²) in [6.07, 6.45) is 4.88. The van der Waals surface area contributed by atoms with Crippen LogP contribution in [0.25, 0.3) is 0 Å². The fourth-order valence-corrected chi connectivity index (χ4v) is 3.43. The van der Waals surface area contributed by atoms with Crippen LogP contribution in [0.3, 0.4) is 0 Å². The van der Waals surface area contributed by atoms with Crippen LogP contribution in [0.1, 0.15) is 22.3 Å². The summed E-state index contributed by atoms with van der Waals surface area (Å²) in [5.41, 5.74) is 0.588. The van der Waals surface area contributed by atoms with E-state index in [0.29, 0.717) is 43.4 Å². The van der Waals surface area contributed by atoms with Gasteiger partial charge in [-0.3, -0.25) is 4.79 Å². The SMILES string of the molecule is C#CCNC(=O)c1sc(N2CCN(C(=O)OCC)CC2)nc1COC. The molecule has 1 aromatic rings. The molecule has 136 valence electrons. The first kappa shape index (κ1) is 19.0. The Morgan fingerprint density at radius 2 is 2.08 bits per heavy atom. The molecule has 1 aromatic heterocycles. The van der Waals surface area contributed by atoms with E-state index in [1.165, 1.54) is 11.3 Å². The number of amides is 2. The minimum absolute atomic E-state index is 0.163. The lowest BCUT2D eigenvalue weighted by Crippen LogP contribution is -2.49. The molecule has 0 saturated carbocycles. The Morgan fingerprint density at radius 3 is 2.68 bits per heavy atom. The van der Waals surface area contributed by atoms with E-state index in [2.05, 4.69) is 21.1 Å². The van der Waals surface area contributed by atoms with Gasteiger partial charge in [0, 0.05) is 33.3 Å². The highest BCUT2D eigenvalue weighted by Crippen LogP contribution is 2.28. The molecule has 1 N–H and O–H groups in total. The van der Waals surface area contributed by atoms with Crippen LogP contribution in [0, 0.1) is 12.3 Å². The van der Waals surface area contributed by atoms with Gasteiger partial charge in [-0.25, -0.2) is 9.78 Å². The van der Waals surface area contributed by atoms with Crippen molar-refractivity contribution in [1.82, 2.24) is 15.2 Å². The second-order valence-corrected chi connectivity index (χ2v) is 6.24. The van der Waals surface area contributed by atoms with E-state index in [1.54, 1.807) is 18.9 Å². The van der Waals surface area contributed by atoms with E-state index < -0.39 is 0 Å². The molecule has 0 aliphatic carbocycles. The van der Waals surface area contributed by atoms with E-state index in [9.17, 15) is 9.59 Å². The summed E-state index contributed by atoms with van der Waals surface area (Å²) in [4.78, 5) is 32.7. The van der Waals surface area contributed by atoms with Crippen molar-refractivity contribution in [1.29, 1.82) is 0 Å². The molecule has 9 heteroatoms. The van der Waals surface area contributed by atoms with Gasteiger partial charge >= 0.3 is 6.09 Å². The predicted octanol–water partition coefficient (Wildman–Crippen LogP) is 0.931. The summed E-state index contributed by atoms with van der Waals surface area (Å²) in [6, 6.07) is 0. The van der Waals surface area contributed by atoms with Crippen molar-refractivity contribution in [2.45, 2.75) is 13.5 Å². The Morgan fingerprint density at radius 1 is 1.36 bits per heavy atom. The molecule has 2 heterocycles. The number of hydrogen-bond donors (Lipinski definition) is 1. The van der Waals surface area contributed by atoms with Crippen molar-refractivity contribution in [3.63, 3.8) is 0 Å². The predicted molar refractivity (Wildman–Crippen MR) is 94.8 cm³/mol. The van der Waals surface area contributed by atoms with Crippen LogP contribution < -0.4 is 10.2 Å². The summed E-state index contributed by atoms with van der Waals surface area (Å²) >= 11 is 1.30. The highest BCUT2D eigenvalue weighted by atomic mass is 32.1. The van der Waals surface area contributed by atoms with Gasteiger partial charge in [0.1, 0.15) is 4.88 Å². The summed E-state index contributed by atoms with van der Waals surface area (Å²) in [6.45, 7) is 4.92. The molecule has 1 fully saturated rings. The number of carbonyl (C=O) groups excluding carboxylic acids is 2. The van der Waals surface area contributed by atoms with Crippen LogP contribution in [0.4, 0.5) is 9.93 Å². The Labute approximate surface area is 151 Å². The number of carbonyl (C=O) groups is 2. The van der Waals surface area contributed by atoms with Crippen LogP contribution in [-0.2, 0) is 16.1 Å².